The van der Waals surface area contributed by atoms with Crippen molar-refractivity contribution >= 4 is 0 Å². The maximum Gasteiger partial charge on any atom is 0.0267 e. The highest BCUT2D eigenvalue weighted by molar-refractivity contribution is 5.01. The van der Waals surface area contributed by atoms with Crippen LogP contribution in [0.25, 0.3) is 0 Å². The molecule has 0 radical (unpaired) electrons. The number of hydrogen-bond acceptors (Lipinski definition) is 3. The molecule has 0 bridgehead atoms. The van der Waals surface area contributed by atoms with Crippen LogP contribution in [0.1, 0.15) is 46.5 Å². The van der Waals surface area contributed by atoms with Gasteiger partial charge in [-0.25, -0.2) is 0 Å². The van der Waals surface area contributed by atoms with Gasteiger partial charge in [-0.2, -0.15) is 0 Å². The molecule has 18 heavy (non-hydrogen) atoms. The van der Waals surface area contributed by atoms with E-state index in [9.17, 15) is 0 Å². The molecule has 3 fully saturated rings. The molecule has 0 amide bonds. The molecular weight excluding hydrogens is 222 g/mol. The zero-order valence-corrected chi connectivity index (χ0v) is 12.3. The first-order valence-corrected chi connectivity index (χ1v) is 7.82. The summed E-state index contributed by atoms with van der Waals surface area (Å²) in [6.07, 6.45) is 5.69. The molecule has 3 heteroatoms. The van der Waals surface area contributed by atoms with Crippen molar-refractivity contribution in [2.24, 2.45) is 0 Å². The van der Waals surface area contributed by atoms with E-state index in [0.29, 0.717) is 6.04 Å². The largest absolute Gasteiger partial charge is 0.309 e. The molecule has 1 N–H and O–H groups in total. The molecule has 0 aromatic heterocycles. The second-order valence-electron chi connectivity index (χ2n) is 7.24. The van der Waals surface area contributed by atoms with Crippen molar-refractivity contribution in [3.63, 3.8) is 0 Å². The molecule has 0 aliphatic carbocycles. The summed E-state index contributed by atoms with van der Waals surface area (Å²) in [6, 6.07) is 2.38. The molecule has 3 aliphatic rings. The van der Waals surface area contributed by atoms with Crippen LogP contribution in [0.5, 0.6) is 0 Å². The molecule has 3 aliphatic heterocycles. The predicted octanol–water partition coefficient (Wildman–Crippen LogP) is 1.69. The molecule has 0 spiro atoms. The Balaban J connectivity index is 1.73. The summed E-state index contributed by atoms with van der Waals surface area (Å²) in [5.41, 5.74) is 0.286. The lowest BCUT2D eigenvalue weighted by molar-refractivity contribution is 0.0361. The third-order valence-electron chi connectivity index (χ3n) is 5.27. The number of piperidine rings is 1. The first kappa shape index (κ1) is 12.9. The van der Waals surface area contributed by atoms with Crippen molar-refractivity contribution < 1.29 is 0 Å². The monoisotopic (exact) mass is 251 g/mol. The number of piperazine rings is 1. The molecule has 0 aromatic rings. The van der Waals surface area contributed by atoms with E-state index in [1.807, 2.05) is 0 Å². The van der Waals surface area contributed by atoms with Crippen LogP contribution in [0.4, 0.5) is 0 Å². The van der Waals surface area contributed by atoms with E-state index in [4.69, 9.17) is 0 Å². The minimum atomic E-state index is 0.286. The summed E-state index contributed by atoms with van der Waals surface area (Å²) in [4.78, 5) is 5.57. The predicted molar refractivity (Wildman–Crippen MR) is 75.9 cm³/mol. The average molecular weight is 251 g/mol. The minimum absolute atomic E-state index is 0.286. The maximum absolute atomic E-state index is 3.68. The summed E-state index contributed by atoms with van der Waals surface area (Å²) in [7, 11) is 0. The fourth-order valence-corrected chi connectivity index (χ4v) is 4.26. The van der Waals surface area contributed by atoms with Crippen LogP contribution in [0.3, 0.4) is 0 Å². The van der Waals surface area contributed by atoms with E-state index in [0.717, 1.165) is 18.6 Å². The highest BCUT2D eigenvalue weighted by atomic mass is 15.3. The van der Waals surface area contributed by atoms with Crippen LogP contribution in [0.2, 0.25) is 0 Å². The molecule has 0 aromatic carbocycles. The summed E-state index contributed by atoms with van der Waals surface area (Å²) < 4.78 is 0. The van der Waals surface area contributed by atoms with Gasteiger partial charge in [-0.3, -0.25) is 9.80 Å². The number of nitrogens with one attached hydrogen (secondary N) is 1. The van der Waals surface area contributed by atoms with Crippen molar-refractivity contribution in [1.82, 2.24) is 15.1 Å². The molecule has 3 rings (SSSR count). The standard InChI is InChI=1S/C15H29N3/c1-12-10-16-15(2,3)11-18(12)14-7-9-17-8-5-4-6-13(14)17/h12-14,16H,4-11H2,1-3H3. The number of hydrogen-bond donors (Lipinski definition) is 1. The Kier molecular flexibility index (Phi) is 3.41. The quantitative estimate of drug-likeness (QED) is 0.765. The molecule has 3 saturated heterocycles. The molecule has 3 atom stereocenters. The summed E-state index contributed by atoms with van der Waals surface area (Å²) in [5.74, 6) is 0. The van der Waals surface area contributed by atoms with Crippen LogP contribution >= 0.6 is 0 Å². The summed E-state index contributed by atoms with van der Waals surface area (Å²) >= 11 is 0. The van der Waals surface area contributed by atoms with Gasteiger partial charge in [0.05, 0.1) is 0 Å². The van der Waals surface area contributed by atoms with Gasteiger partial charge in [0.25, 0.3) is 0 Å². The molecule has 3 unspecified atom stereocenters. The second-order valence-corrected chi connectivity index (χ2v) is 7.24. The van der Waals surface area contributed by atoms with Crippen LogP contribution in [-0.4, -0.2) is 59.6 Å². The van der Waals surface area contributed by atoms with Gasteiger partial charge in [-0.05, 0) is 46.6 Å². The van der Waals surface area contributed by atoms with E-state index >= 15 is 0 Å². The van der Waals surface area contributed by atoms with Gasteiger partial charge in [-0.15, -0.1) is 0 Å². The van der Waals surface area contributed by atoms with Crippen molar-refractivity contribution in [3.05, 3.63) is 0 Å². The first-order valence-electron chi connectivity index (χ1n) is 7.82. The lowest BCUT2D eigenvalue weighted by Gasteiger charge is -2.48. The lowest BCUT2D eigenvalue weighted by Crippen LogP contribution is -2.64. The Labute approximate surface area is 112 Å². The number of nitrogens with zero attached hydrogens (tertiary/aromatic N) is 2. The zero-order chi connectivity index (χ0) is 12.8. The Morgan fingerprint density at radius 1 is 1.06 bits per heavy atom. The number of rotatable bonds is 1. The van der Waals surface area contributed by atoms with E-state index < -0.39 is 0 Å². The van der Waals surface area contributed by atoms with E-state index in [1.54, 1.807) is 0 Å². The highest BCUT2D eigenvalue weighted by Crippen LogP contribution is 2.33. The SMILES string of the molecule is CC1CNC(C)(C)CN1C1CCN2CCCCC12. The smallest absolute Gasteiger partial charge is 0.0267 e. The minimum Gasteiger partial charge on any atom is -0.309 e. The fraction of sp³-hybridized carbons (Fsp3) is 1.00. The van der Waals surface area contributed by atoms with Crippen molar-refractivity contribution in [1.29, 1.82) is 0 Å². The molecule has 3 heterocycles. The topological polar surface area (TPSA) is 18.5 Å². The van der Waals surface area contributed by atoms with Gasteiger partial charge in [0.1, 0.15) is 0 Å². The third-order valence-corrected chi connectivity index (χ3v) is 5.27. The summed E-state index contributed by atoms with van der Waals surface area (Å²) in [6.45, 7) is 12.1. The highest BCUT2D eigenvalue weighted by Gasteiger charge is 2.43. The van der Waals surface area contributed by atoms with Gasteiger partial charge in [0.15, 0.2) is 0 Å². The van der Waals surface area contributed by atoms with Crippen molar-refractivity contribution in [3.8, 4) is 0 Å². The van der Waals surface area contributed by atoms with E-state index in [1.165, 1.54) is 45.3 Å². The van der Waals surface area contributed by atoms with E-state index in [-0.39, 0.29) is 5.54 Å². The Morgan fingerprint density at radius 2 is 1.89 bits per heavy atom. The first-order chi connectivity index (χ1) is 8.57. The molecule has 3 nitrogen and oxygen atoms in total. The van der Waals surface area contributed by atoms with Crippen LogP contribution in [-0.2, 0) is 0 Å². The Morgan fingerprint density at radius 3 is 2.72 bits per heavy atom. The molecule has 104 valence electrons. The van der Waals surface area contributed by atoms with Crippen LogP contribution in [0, 0.1) is 0 Å². The van der Waals surface area contributed by atoms with Crippen molar-refractivity contribution in [2.75, 3.05) is 26.2 Å². The molecular formula is C15H29N3. The average Bonchev–Trinajstić information content (AvgIpc) is 2.76. The normalized spacial score (nSPS) is 41.8. The van der Waals surface area contributed by atoms with Gasteiger partial charge in [-0.1, -0.05) is 6.42 Å². The summed E-state index contributed by atoms with van der Waals surface area (Å²) in [5, 5.41) is 3.68. The lowest BCUT2D eigenvalue weighted by atomic mass is 9.92. The third kappa shape index (κ3) is 2.33. The molecule has 0 saturated carbocycles. The van der Waals surface area contributed by atoms with Gasteiger partial charge in [0, 0.05) is 43.3 Å². The van der Waals surface area contributed by atoms with E-state index in [2.05, 4.69) is 35.9 Å². The van der Waals surface area contributed by atoms with Crippen LogP contribution in [0.15, 0.2) is 0 Å². The van der Waals surface area contributed by atoms with Gasteiger partial charge >= 0.3 is 0 Å². The maximum atomic E-state index is 3.68. The second kappa shape index (κ2) is 4.77. The Bertz CT molecular complexity index is 302. The van der Waals surface area contributed by atoms with Crippen LogP contribution < -0.4 is 5.32 Å². The Hall–Kier alpha value is -0.120. The van der Waals surface area contributed by atoms with Crippen molar-refractivity contribution in [2.45, 2.75) is 70.1 Å². The van der Waals surface area contributed by atoms with Gasteiger partial charge in [0.2, 0.25) is 0 Å². The fourth-order valence-electron chi connectivity index (χ4n) is 4.26. The number of fused-ring (bicyclic) bond motifs is 1. The zero-order valence-electron chi connectivity index (χ0n) is 12.3. The van der Waals surface area contributed by atoms with Gasteiger partial charge < -0.3 is 5.32 Å².